The fourth-order valence-corrected chi connectivity index (χ4v) is 2.52. The predicted octanol–water partition coefficient (Wildman–Crippen LogP) is 3.25. The number of pyridine rings is 1. The van der Waals surface area contributed by atoms with E-state index in [1.54, 1.807) is 18.3 Å². The van der Waals surface area contributed by atoms with Gasteiger partial charge in [-0.25, -0.2) is 9.78 Å². The van der Waals surface area contributed by atoms with Gasteiger partial charge in [0.25, 0.3) is 0 Å². The van der Waals surface area contributed by atoms with Crippen LogP contribution in [0.2, 0.25) is 0 Å². The second-order valence-electron chi connectivity index (χ2n) is 5.18. The van der Waals surface area contributed by atoms with Crippen molar-refractivity contribution in [1.82, 2.24) is 4.98 Å². The fraction of sp³-hybridized carbons (Fsp3) is 0.600. The van der Waals surface area contributed by atoms with Crippen LogP contribution in [0.25, 0.3) is 0 Å². The molecule has 1 aromatic heterocycles. The molecule has 0 amide bonds. The van der Waals surface area contributed by atoms with Crippen molar-refractivity contribution in [3.8, 4) is 0 Å². The van der Waals surface area contributed by atoms with Crippen LogP contribution in [0, 0.1) is 5.41 Å². The van der Waals surface area contributed by atoms with Gasteiger partial charge in [-0.3, -0.25) is 0 Å². The van der Waals surface area contributed by atoms with Gasteiger partial charge < -0.3 is 10.1 Å². The number of rotatable bonds is 6. The number of hydrogen-bond acceptors (Lipinski definition) is 4. The molecule has 19 heavy (non-hydrogen) atoms. The standard InChI is InChI=1S/C15H22N2O2/c1-3-15(8-6-9-15)11-17-13-12(7-5-10-16-13)14(18)19-4-2/h5,7,10H,3-4,6,8-9,11H2,1-2H3,(H,16,17). The van der Waals surface area contributed by atoms with Gasteiger partial charge in [-0.2, -0.15) is 0 Å². The zero-order chi connectivity index (χ0) is 13.7. The van der Waals surface area contributed by atoms with Gasteiger partial charge in [0.15, 0.2) is 0 Å². The molecular formula is C15H22N2O2. The number of anilines is 1. The van der Waals surface area contributed by atoms with Crippen LogP contribution in [-0.4, -0.2) is 24.1 Å². The molecule has 0 saturated heterocycles. The first-order chi connectivity index (χ1) is 9.21. The number of hydrogen-bond donors (Lipinski definition) is 1. The maximum atomic E-state index is 11.8. The van der Waals surface area contributed by atoms with E-state index in [1.165, 1.54) is 25.7 Å². The molecule has 2 rings (SSSR count). The quantitative estimate of drug-likeness (QED) is 0.799. The second-order valence-corrected chi connectivity index (χ2v) is 5.18. The smallest absolute Gasteiger partial charge is 0.341 e. The Morgan fingerprint density at radius 2 is 2.26 bits per heavy atom. The van der Waals surface area contributed by atoms with E-state index in [9.17, 15) is 4.79 Å². The Morgan fingerprint density at radius 3 is 2.84 bits per heavy atom. The van der Waals surface area contributed by atoms with Crippen LogP contribution in [0.4, 0.5) is 5.82 Å². The maximum absolute atomic E-state index is 11.8. The first-order valence-corrected chi connectivity index (χ1v) is 7.07. The lowest BCUT2D eigenvalue weighted by Gasteiger charge is -2.41. The molecule has 1 aliphatic rings. The molecule has 0 aliphatic heterocycles. The van der Waals surface area contributed by atoms with Gasteiger partial charge in [0, 0.05) is 12.7 Å². The van der Waals surface area contributed by atoms with E-state index in [0.717, 1.165) is 6.54 Å². The van der Waals surface area contributed by atoms with Crippen molar-refractivity contribution in [1.29, 1.82) is 0 Å². The molecule has 0 spiro atoms. The minimum Gasteiger partial charge on any atom is -0.462 e. The third-order valence-corrected chi connectivity index (χ3v) is 4.10. The number of nitrogens with zero attached hydrogens (tertiary/aromatic N) is 1. The van der Waals surface area contributed by atoms with Gasteiger partial charge >= 0.3 is 5.97 Å². The molecule has 0 radical (unpaired) electrons. The number of ether oxygens (including phenoxy) is 1. The fourth-order valence-electron chi connectivity index (χ4n) is 2.52. The summed E-state index contributed by atoms with van der Waals surface area (Å²) in [6, 6.07) is 3.52. The van der Waals surface area contributed by atoms with Gasteiger partial charge in [0.1, 0.15) is 11.4 Å². The Hall–Kier alpha value is -1.58. The lowest BCUT2D eigenvalue weighted by molar-refractivity contribution is 0.0527. The van der Waals surface area contributed by atoms with Gasteiger partial charge in [0.2, 0.25) is 0 Å². The summed E-state index contributed by atoms with van der Waals surface area (Å²) in [6.45, 7) is 5.30. The maximum Gasteiger partial charge on any atom is 0.341 e. The van der Waals surface area contributed by atoms with Crippen molar-refractivity contribution in [2.75, 3.05) is 18.5 Å². The molecule has 1 aliphatic carbocycles. The van der Waals surface area contributed by atoms with Gasteiger partial charge in [0.05, 0.1) is 6.61 Å². The van der Waals surface area contributed by atoms with Crippen LogP contribution in [0.15, 0.2) is 18.3 Å². The van der Waals surface area contributed by atoms with Crippen LogP contribution in [-0.2, 0) is 4.74 Å². The van der Waals surface area contributed by atoms with E-state index in [-0.39, 0.29) is 5.97 Å². The normalized spacial score (nSPS) is 16.5. The first-order valence-electron chi connectivity index (χ1n) is 7.07. The summed E-state index contributed by atoms with van der Waals surface area (Å²) in [4.78, 5) is 16.1. The molecular weight excluding hydrogens is 240 g/mol. The second kappa shape index (κ2) is 6.04. The van der Waals surface area contributed by atoms with Crippen molar-refractivity contribution in [3.05, 3.63) is 23.9 Å². The summed E-state index contributed by atoms with van der Waals surface area (Å²) in [5.74, 6) is 0.331. The molecule has 0 bridgehead atoms. The highest BCUT2D eigenvalue weighted by Crippen LogP contribution is 2.43. The van der Waals surface area contributed by atoms with E-state index in [0.29, 0.717) is 23.4 Å². The number of carbonyl (C=O) groups is 1. The van der Waals surface area contributed by atoms with E-state index in [2.05, 4.69) is 17.2 Å². The van der Waals surface area contributed by atoms with Crippen LogP contribution < -0.4 is 5.32 Å². The third-order valence-electron chi connectivity index (χ3n) is 4.10. The van der Waals surface area contributed by atoms with Gasteiger partial charge in [-0.1, -0.05) is 13.3 Å². The molecule has 1 fully saturated rings. The summed E-state index contributed by atoms with van der Waals surface area (Å²) in [6.07, 6.45) is 6.70. The average molecular weight is 262 g/mol. The molecule has 1 aromatic rings. The molecule has 4 nitrogen and oxygen atoms in total. The lowest BCUT2D eigenvalue weighted by atomic mass is 9.67. The molecule has 0 atom stereocenters. The highest BCUT2D eigenvalue weighted by atomic mass is 16.5. The van der Waals surface area contributed by atoms with Crippen LogP contribution in [0.5, 0.6) is 0 Å². The van der Waals surface area contributed by atoms with Crippen molar-refractivity contribution in [2.45, 2.75) is 39.5 Å². The molecule has 1 heterocycles. The zero-order valence-corrected chi connectivity index (χ0v) is 11.7. The first kappa shape index (κ1) is 13.8. The van der Waals surface area contributed by atoms with Crippen LogP contribution in [0.3, 0.4) is 0 Å². The number of nitrogens with one attached hydrogen (secondary N) is 1. The molecule has 1 saturated carbocycles. The summed E-state index contributed by atoms with van der Waals surface area (Å²) in [5.41, 5.74) is 0.915. The number of carbonyl (C=O) groups excluding carboxylic acids is 1. The van der Waals surface area contributed by atoms with E-state index in [4.69, 9.17) is 4.74 Å². The van der Waals surface area contributed by atoms with Crippen molar-refractivity contribution >= 4 is 11.8 Å². The Balaban J connectivity index is 2.05. The molecule has 0 unspecified atom stereocenters. The predicted molar refractivity (Wildman–Crippen MR) is 75.3 cm³/mol. The Kier molecular flexibility index (Phi) is 4.40. The monoisotopic (exact) mass is 262 g/mol. The summed E-state index contributed by atoms with van der Waals surface area (Å²) in [7, 11) is 0. The van der Waals surface area contributed by atoms with Crippen molar-refractivity contribution in [2.24, 2.45) is 5.41 Å². The zero-order valence-electron chi connectivity index (χ0n) is 11.7. The highest BCUT2D eigenvalue weighted by molar-refractivity contribution is 5.94. The number of aromatic nitrogens is 1. The van der Waals surface area contributed by atoms with Crippen molar-refractivity contribution in [3.63, 3.8) is 0 Å². The topological polar surface area (TPSA) is 51.2 Å². The minimum absolute atomic E-state index is 0.308. The minimum atomic E-state index is -0.308. The Bertz CT molecular complexity index is 436. The summed E-state index contributed by atoms with van der Waals surface area (Å²) in [5, 5.41) is 3.33. The SMILES string of the molecule is CCOC(=O)c1cccnc1NCC1(CC)CCC1. The summed E-state index contributed by atoms with van der Waals surface area (Å²) < 4.78 is 5.05. The van der Waals surface area contributed by atoms with E-state index < -0.39 is 0 Å². The Morgan fingerprint density at radius 1 is 1.47 bits per heavy atom. The van der Waals surface area contributed by atoms with Gasteiger partial charge in [-0.05, 0) is 43.7 Å². The van der Waals surface area contributed by atoms with E-state index >= 15 is 0 Å². The molecule has 0 aromatic carbocycles. The molecule has 4 heteroatoms. The lowest BCUT2D eigenvalue weighted by Crippen LogP contribution is -2.36. The largest absolute Gasteiger partial charge is 0.462 e. The van der Waals surface area contributed by atoms with Gasteiger partial charge in [-0.15, -0.1) is 0 Å². The van der Waals surface area contributed by atoms with Crippen molar-refractivity contribution < 1.29 is 9.53 Å². The van der Waals surface area contributed by atoms with E-state index in [1.807, 2.05) is 6.92 Å². The highest BCUT2D eigenvalue weighted by Gasteiger charge is 2.35. The van der Waals surface area contributed by atoms with Crippen LogP contribution in [0.1, 0.15) is 49.9 Å². The number of esters is 1. The Labute approximate surface area is 114 Å². The molecule has 104 valence electrons. The third kappa shape index (κ3) is 3.06. The van der Waals surface area contributed by atoms with Crippen LogP contribution >= 0.6 is 0 Å². The summed E-state index contributed by atoms with van der Waals surface area (Å²) >= 11 is 0. The average Bonchev–Trinajstić information content (AvgIpc) is 2.39. The molecule has 1 N–H and O–H groups in total.